The van der Waals surface area contributed by atoms with Gasteiger partial charge in [-0.05, 0) is 57.9 Å². The number of hydrogen-bond donors (Lipinski definition) is 0. The first-order chi connectivity index (χ1) is 19.6. The van der Waals surface area contributed by atoms with Gasteiger partial charge in [0.25, 0.3) is 0 Å². The molecule has 0 radical (unpaired) electrons. The van der Waals surface area contributed by atoms with E-state index >= 15 is 0 Å². The normalized spacial score (nSPS) is 11.9. The quantitative estimate of drug-likeness (QED) is 0.170. The molecule has 0 aliphatic rings. The number of pyridine rings is 4. The van der Waals surface area contributed by atoms with Crippen molar-refractivity contribution in [1.82, 2.24) is 19.9 Å². The second-order valence-corrected chi connectivity index (χ2v) is 12.4. The van der Waals surface area contributed by atoms with Crippen molar-refractivity contribution in [2.75, 3.05) is 0 Å². The average molecular weight is 732 g/mol. The van der Waals surface area contributed by atoms with Gasteiger partial charge in [-0.1, -0.05) is 112 Å². The summed E-state index contributed by atoms with van der Waals surface area (Å²) in [6, 6.07) is 23.3. The van der Waals surface area contributed by atoms with E-state index in [-0.39, 0.29) is 31.9 Å². The van der Waals surface area contributed by atoms with Gasteiger partial charge in [0, 0.05) is 36.3 Å². The van der Waals surface area contributed by atoms with Crippen LogP contribution in [0.3, 0.4) is 0 Å². The fraction of sp³-hybridized carbons (Fsp3) is 0.222. The van der Waals surface area contributed by atoms with Crippen LogP contribution >= 0.6 is 0 Å². The van der Waals surface area contributed by atoms with Gasteiger partial charge in [0.2, 0.25) is 0 Å². The summed E-state index contributed by atoms with van der Waals surface area (Å²) in [6.07, 6.45) is 11.0. The van der Waals surface area contributed by atoms with Crippen molar-refractivity contribution < 1.29 is 25.8 Å². The fourth-order valence-corrected chi connectivity index (χ4v) is 4.92. The number of aromatic nitrogens is 4. The van der Waals surface area contributed by atoms with Gasteiger partial charge in [0.15, 0.2) is 0 Å². The van der Waals surface area contributed by atoms with Crippen molar-refractivity contribution in [3.05, 3.63) is 109 Å². The van der Waals surface area contributed by atoms with Crippen LogP contribution in [0.1, 0.15) is 52.7 Å². The Bertz CT molecular complexity index is 1770. The van der Waals surface area contributed by atoms with Crippen molar-refractivity contribution in [3.63, 3.8) is 0 Å². The molecule has 0 amide bonds. The zero-order valence-electron chi connectivity index (χ0n) is 24.6. The van der Waals surface area contributed by atoms with E-state index < -0.39 is 0 Å². The smallest absolute Gasteiger partial charge is 0.497 e. The van der Waals surface area contributed by atoms with Crippen LogP contribution in [-0.2, 0) is 31.9 Å². The van der Waals surface area contributed by atoms with Gasteiger partial charge >= 0.3 is 21.1 Å². The molecule has 0 spiro atoms. The van der Waals surface area contributed by atoms with Crippen LogP contribution < -0.4 is 4.74 Å². The van der Waals surface area contributed by atoms with E-state index in [1.54, 1.807) is 12.4 Å². The number of nitrogens with zero attached hydrogens (tertiary/aromatic N) is 4. The molecule has 6 rings (SSSR count). The molecule has 0 unspecified atom stereocenters. The molecule has 0 atom stereocenters. The molecule has 6 aromatic rings. The summed E-state index contributed by atoms with van der Waals surface area (Å²) >= 11 is 0. The minimum absolute atomic E-state index is 0. The van der Waals surface area contributed by atoms with Crippen molar-refractivity contribution in [2.45, 2.75) is 52.4 Å². The van der Waals surface area contributed by atoms with Crippen LogP contribution in [0.15, 0.2) is 85.7 Å². The Kier molecular flexibility index (Phi) is 8.00. The standard InChI is InChI=1S/C36H32N4O.Pt/c1-35(2,3)25-9-13-39-33(17-25)29-19-27(15-23-7-11-37-21-31(23)29)41-28-16-24-8-12-38-22-32(24)30(20-28)34-18-26(10-14-40-34)36(4,5)6;/h7-18,21-22H,1-6H3;/q-2;+2. The van der Waals surface area contributed by atoms with Crippen LogP contribution in [0.4, 0.5) is 0 Å². The van der Waals surface area contributed by atoms with Crippen LogP contribution in [0.5, 0.6) is 11.5 Å². The predicted octanol–water partition coefficient (Wildman–Crippen LogP) is 8.89. The van der Waals surface area contributed by atoms with Gasteiger partial charge < -0.3 is 14.7 Å². The van der Waals surface area contributed by atoms with Crippen LogP contribution in [0, 0.1) is 12.1 Å². The molecular formula is C36H32N4OPt. The molecule has 0 N–H and O–H groups in total. The van der Waals surface area contributed by atoms with Crippen LogP contribution in [-0.4, -0.2) is 19.9 Å². The average Bonchev–Trinajstić information content (AvgIpc) is 2.95. The maximum Gasteiger partial charge on any atom is 2.00 e. The monoisotopic (exact) mass is 731 g/mol. The second-order valence-electron chi connectivity index (χ2n) is 12.4. The van der Waals surface area contributed by atoms with Crippen molar-refractivity contribution in [1.29, 1.82) is 0 Å². The molecule has 4 aromatic heterocycles. The molecule has 42 heavy (non-hydrogen) atoms. The SMILES string of the molecule is CC(C)(C)c1ccnc(-c2[c-]c(Oc3[c-]c(-c4cc(C(C)(C)C)ccn4)c4cnccc4c3)cc3ccncc23)c1.[Pt+2]. The van der Waals surface area contributed by atoms with E-state index in [0.717, 1.165) is 44.1 Å². The number of rotatable bonds is 4. The Hall–Kier alpha value is -3.95. The van der Waals surface area contributed by atoms with Crippen molar-refractivity contribution >= 4 is 21.5 Å². The maximum atomic E-state index is 6.51. The summed E-state index contributed by atoms with van der Waals surface area (Å²) in [5.41, 5.74) is 5.74. The third kappa shape index (κ3) is 5.98. The number of hydrogen-bond acceptors (Lipinski definition) is 5. The Morgan fingerprint density at radius 2 is 1.00 bits per heavy atom. The van der Waals surface area contributed by atoms with Crippen molar-refractivity contribution in [3.8, 4) is 34.0 Å². The Labute approximate surface area is 261 Å². The summed E-state index contributed by atoms with van der Waals surface area (Å²) in [6.45, 7) is 13.2. The minimum Gasteiger partial charge on any atom is -0.497 e. The summed E-state index contributed by atoms with van der Waals surface area (Å²) in [4.78, 5) is 18.2. The van der Waals surface area contributed by atoms with Crippen molar-refractivity contribution in [2.24, 2.45) is 0 Å². The van der Waals surface area contributed by atoms with Gasteiger partial charge in [-0.3, -0.25) is 9.97 Å². The summed E-state index contributed by atoms with van der Waals surface area (Å²) in [5.74, 6) is 1.15. The molecule has 0 fully saturated rings. The molecule has 2 aromatic carbocycles. The zero-order chi connectivity index (χ0) is 28.8. The molecule has 212 valence electrons. The van der Waals surface area contributed by atoms with Gasteiger partial charge in [-0.15, -0.1) is 11.1 Å². The second kappa shape index (κ2) is 11.4. The topological polar surface area (TPSA) is 60.8 Å². The largest absolute Gasteiger partial charge is 2.00 e. The molecule has 0 saturated carbocycles. The third-order valence-electron chi connectivity index (χ3n) is 7.30. The molecule has 0 aliphatic carbocycles. The molecular weight excluding hydrogens is 700 g/mol. The number of benzene rings is 2. The van der Waals surface area contributed by atoms with E-state index in [9.17, 15) is 0 Å². The van der Waals surface area contributed by atoms with Gasteiger partial charge in [0.05, 0.1) is 0 Å². The predicted molar refractivity (Wildman–Crippen MR) is 165 cm³/mol. The molecule has 5 nitrogen and oxygen atoms in total. The first-order valence-electron chi connectivity index (χ1n) is 13.8. The van der Waals surface area contributed by atoms with E-state index in [1.165, 1.54) is 11.1 Å². The molecule has 0 saturated heterocycles. The first kappa shape index (κ1) is 29.5. The van der Waals surface area contributed by atoms with E-state index in [1.807, 2.05) is 49.1 Å². The number of ether oxygens (including phenoxy) is 1. The van der Waals surface area contributed by atoms with E-state index in [2.05, 4.69) is 87.9 Å². The summed E-state index contributed by atoms with van der Waals surface area (Å²) < 4.78 is 6.51. The molecule has 6 heteroatoms. The van der Waals surface area contributed by atoms with Crippen LogP contribution in [0.2, 0.25) is 0 Å². The fourth-order valence-electron chi connectivity index (χ4n) is 4.92. The first-order valence-corrected chi connectivity index (χ1v) is 13.8. The third-order valence-corrected chi connectivity index (χ3v) is 7.30. The number of fused-ring (bicyclic) bond motifs is 2. The van der Waals surface area contributed by atoms with Crippen LogP contribution in [0.25, 0.3) is 44.1 Å². The van der Waals surface area contributed by atoms with Gasteiger partial charge in [0.1, 0.15) is 0 Å². The summed E-state index contributed by atoms with van der Waals surface area (Å²) in [5, 5.41) is 3.93. The van der Waals surface area contributed by atoms with E-state index in [4.69, 9.17) is 14.7 Å². The minimum atomic E-state index is -0.0104. The molecule has 0 aliphatic heterocycles. The van der Waals surface area contributed by atoms with Gasteiger partial charge in [-0.2, -0.15) is 0 Å². The van der Waals surface area contributed by atoms with E-state index in [0.29, 0.717) is 11.5 Å². The Morgan fingerprint density at radius 3 is 1.40 bits per heavy atom. The maximum absolute atomic E-state index is 6.51. The molecule has 4 heterocycles. The Balaban J connectivity index is 0.00000353. The summed E-state index contributed by atoms with van der Waals surface area (Å²) in [7, 11) is 0. The molecule has 0 bridgehead atoms. The Morgan fingerprint density at radius 1 is 0.571 bits per heavy atom. The zero-order valence-corrected chi connectivity index (χ0v) is 26.9. The van der Waals surface area contributed by atoms with Gasteiger partial charge in [-0.25, -0.2) is 0 Å².